The number of aromatic nitrogens is 1. The highest BCUT2D eigenvalue weighted by Gasteiger charge is 2.17. The lowest BCUT2D eigenvalue weighted by Gasteiger charge is -2.21. The summed E-state index contributed by atoms with van der Waals surface area (Å²) in [4.78, 5) is 30.6. The fourth-order valence-corrected chi connectivity index (χ4v) is 2.99. The Balaban J connectivity index is 0.00000338. The molecular weight excluding hydrogens is 395 g/mol. The highest BCUT2D eigenvalue weighted by atomic mass is 35.5. The second-order valence-electron chi connectivity index (χ2n) is 5.82. The van der Waals surface area contributed by atoms with Gasteiger partial charge in [0.1, 0.15) is 5.69 Å². The molecule has 142 valence electrons. The smallest absolute Gasteiger partial charge is 0.275 e. The van der Waals surface area contributed by atoms with Gasteiger partial charge in [0.2, 0.25) is 0 Å². The summed E-state index contributed by atoms with van der Waals surface area (Å²) in [5.41, 5.74) is 6.63. The van der Waals surface area contributed by atoms with Crippen LogP contribution in [0.2, 0.25) is 5.02 Å². The molecule has 3 N–H and O–H groups in total. The average Bonchev–Trinajstić information content (AvgIpc) is 3.04. The van der Waals surface area contributed by atoms with Gasteiger partial charge in [0.05, 0.1) is 15.7 Å². The normalized spacial score (nSPS) is 10.4. The Morgan fingerprint density at radius 2 is 2.08 bits per heavy atom. The van der Waals surface area contributed by atoms with Crippen molar-refractivity contribution < 1.29 is 9.59 Å². The number of rotatable bonds is 6. The number of thiazole rings is 1. The van der Waals surface area contributed by atoms with Crippen molar-refractivity contribution in [2.24, 2.45) is 5.73 Å². The van der Waals surface area contributed by atoms with Crippen LogP contribution in [0.15, 0.2) is 23.6 Å². The highest BCUT2D eigenvalue weighted by molar-refractivity contribution is 7.09. The van der Waals surface area contributed by atoms with E-state index >= 15 is 0 Å². The number of nitrogens with zero attached hydrogens (tertiary/aromatic N) is 2. The van der Waals surface area contributed by atoms with Crippen LogP contribution in [0.1, 0.15) is 39.7 Å². The first-order valence-electron chi connectivity index (χ1n) is 7.86. The molecule has 1 aromatic heterocycles. The fraction of sp³-hybridized carbons (Fsp3) is 0.353. The second-order valence-corrected chi connectivity index (χ2v) is 7.17. The monoisotopic (exact) mass is 416 g/mol. The maximum Gasteiger partial charge on any atom is 0.275 e. The minimum atomic E-state index is -0.372. The summed E-state index contributed by atoms with van der Waals surface area (Å²) in [7, 11) is 1.73. The van der Waals surface area contributed by atoms with Gasteiger partial charge in [-0.05, 0) is 38.6 Å². The van der Waals surface area contributed by atoms with Gasteiger partial charge >= 0.3 is 0 Å². The molecule has 0 saturated heterocycles. The standard InChI is InChI=1S/C17H21ClN4O2S.ClH/c1-10(2)22(3)17(24)11-4-5-12(18)13(8-11)21-16(23)14-9-25-15(20-14)6-7-19;/h4-5,8-10H,6-7,19H2,1-3H3,(H,21,23);1H. The Bertz CT molecular complexity index is 780. The summed E-state index contributed by atoms with van der Waals surface area (Å²) in [6, 6.07) is 4.88. The SMILES string of the molecule is CC(C)N(C)C(=O)c1ccc(Cl)c(NC(=O)c2csc(CCN)n2)c1.Cl. The van der Waals surface area contributed by atoms with Gasteiger partial charge in [-0.2, -0.15) is 0 Å². The molecule has 6 nitrogen and oxygen atoms in total. The molecule has 0 unspecified atom stereocenters. The quantitative estimate of drug-likeness (QED) is 0.754. The van der Waals surface area contributed by atoms with Gasteiger partial charge in [-0.3, -0.25) is 9.59 Å². The summed E-state index contributed by atoms with van der Waals surface area (Å²) in [6.45, 7) is 4.34. The third kappa shape index (κ3) is 5.41. The number of hydrogen-bond donors (Lipinski definition) is 2. The average molecular weight is 417 g/mol. The highest BCUT2D eigenvalue weighted by Crippen LogP contribution is 2.25. The Hall–Kier alpha value is -1.67. The van der Waals surface area contributed by atoms with Gasteiger partial charge in [-0.25, -0.2) is 4.98 Å². The third-order valence-corrected chi connectivity index (χ3v) is 4.94. The molecule has 0 aliphatic rings. The molecule has 0 bridgehead atoms. The van der Waals surface area contributed by atoms with Crippen molar-refractivity contribution in [2.75, 3.05) is 18.9 Å². The molecule has 0 fully saturated rings. The van der Waals surface area contributed by atoms with Crippen molar-refractivity contribution in [1.82, 2.24) is 9.88 Å². The van der Waals surface area contributed by atoms with Gasteiger partial charge in [0.25, 0.3) is 11.8 Å². The van der Waals surface area contributed by atoms with Crippen molar-refractivity contribution in [3.8, 4) is 0 Å². The van der Waals surface area contributed by atoms with Crippen LogP contribution in [0.5, 0.6) is 0 Å². The molecule has 0 radical (unpaired) electrons. The number of anilines is 1. The van der Waals surface area contributed by atoms with E-state index < -0.39 is 0 Å². The maximum absolute atomic E-state index is 12.4. The third-order valence-electron chi connectivity index (χ3n) is 3.70. The van der Waals surface area contributed by atoms with Gasteiger partial charge in [0.15, 0.2) is 0 Å². The minimum absolute atomic E-state index is 0. The number of nitrogens with one attached hydrogen (secondary N) is 1. The molecule has 0 atom stereocenters. The summed E-state index contributed by atoms with van der Waals surface area (Å²) in [5.74, 6) is -0.510. The Labute approximate surface area is 168 Å². The van der Waals surface area contributed by atoms with Crippen LogP contribution in [0, 0.1) is 0 Å². The van der Waals surface area contributed by atoms with Crippen LogP contribution >= 0.6 is 35.3 Å². The first kappa shape index (κ1) is 22.4. The number of nitrogens with two attached hydrogens (primary N) is 1. The van der Waals surface area contributed by atoms with E-state index in [4.69, 9.17) is 17.3 Å². The van der Waals surface area contributed by atoms with Crippen molar-refractivity contribution in [3.05, 3.63) is 44.9 Å². The van der Waals surface area contributed by atoms with E-state index in [1.807, 2.05) is 13.8 Å². The lowest BCUT2D eigenvalue weighted by Crippen LogP contribution is -2.33. The van der Waals surface area contributed by atoms with E-state index in [9.17, 15) is 9.59 Å². The van der Waals surface area contributed by atoms with Crippen molar-refractivity contribution in [2.45, 2.75) is 26.3 Å². The number of carbonyl (C=O) groups excluding carboxylic acids is 2. The molecule has 1 aromatic carbocycles. The Kier molecular flexibility index (Phi) is 8.49. The van der Waals surface area contributed by atoms with Crippen LogP contribution < -0.4 is 11.1 Å². The molecule has 2 amide bonds. The molecule has 0 saturated carbocycles. The largest absolute Gasteiger partial charge is 0.339 e. The van der Waals surface area contributed by atoms with E-state index in [-0.39, 0.29) is 30.3 Å². The number of hydrogen-bond acceptors (Lipinski definition) is 5. The lowest BCUT2D eigenvalue weighted by molar-refractivity contribution is 0.0754. The van der Waals surface area contributed by atoms with Crippen LogP contribution in [-0.4, -0.2) is 41.3 Å². The van der Waals surface area contributed by atoms with E-state index in [0.717, 1.165) is 5.01 Å². The topological polar surface area (TPSA) is 88.3 Å². The number of benzene rings is 1. The summed E-state index contributed by atoms with van der Waals surface area (Å²) < 4.78 is 0. The molecule has 9 heteroatoms. The maximum atomic E-state index is 12.4. The van der Waals surface area contributed by atoms with Crippen molar-refractivity contribution in [3.63, 3.8) is 0 Å². The first-order chi connectivity index (χ1) is 11.8. The fourth-order valence-electron chi connectivity index (χ4n) is 2.03. The molecule has 1 heterocycles. The summed E-state index contributed by atoms with van der Waals surface area (Å²) >= 11 is 7.54. The Morgan fingerprint density at radius 1 is 1.38 bits per heavy atom. The second kappa shape index (κ2) is 9.87. The summed E-state index contributed by atoms with van der Waals surface area (Å²) in [6.07, 6.45) is 0.629. The van der Waals surface area contributed by atoms with E-state index in [2.05, 4.69) is 10.3 Å². The molecule has 2 aromatic rings. The molecule has 26 heavy (non-hydrogen) atoms. The zero-order valence-corrected chi connectivity index (χ0v) is 17.2. The Morgan fingerprint density at radius 3 is 2.69 bits per heavy atom. The first-order valence-corrected chi connectivity index (χ1v) is 9.11. The predicted molar refractivity (Wildman–Crippen MR) is 109 cm³/mol. The molecule has 0 aliphatic carbocycles. The van der Waals surface area contributed by atoms with E-state index in [1.54, 1.807) is 35.5 Å². The van der Waals surface area contributed by atoms with Crippen molar-refractivity contribution in [1.29, 1.82) is 0 Å². The predicted octanol–water partition coefficient (Wildman–Crippen LogP) is 3.45. The summed E-state index contributed by atoms with van der Waals surface area (Å²) in [5, 5.41) is 5.56. The van der Waals surface area contributed by atoms with Gasteiger partial charge < -0.3 is 16.0 Å². The molecule has 0 spiro atoms. The number of amides is 2. The van der Waals surface area contributed by atoms with Crippen LogP contribution in [0.25, 0.3) is 0 Å². The van der Waals surface area contributed by atoms with E-state index in [1.165, 1.54) is 11.3 Å². The van der Waals surface area contributed by atoms with Gasteiger partial charge in [0, 0.05) is 30.5 Å². The molecule has 0 aliphatic heterocycles. The molecular formula is C17H22Cl2N4O2S. The number of carbonyl (C=O) groups is 2. The van der Waals surface area contributed by atoms with Crippen LogP contribution in [-0.2, 0) is 6.42 Å². The van der Waals surface area contributed by atoms with E-state index in [0.29, 0.717) is 34.9 Å². The number of halogens is 2. The van der Waals surface area contributed by atoms with Crippen LogP contribution in [0.4, 0.5) is 5.69 Å². The van der Waals surface area contributed by atoms with Gasteiger partial charge in [-0.1, -0.05) is 11.6 Å². The lowest BCUT2D eigenvalue weighted by atomic mass is 10.1. The van der Waals surface area contributed by atoms with Crippen molar-refractivity contribution >= 4 is 52.8 Å². The van der Waals surface area contributed by atoms with Crippen LogP contribution in [0.3, 0.4) is 0 Å². The zero-order valence-electron chi connectivity index (χ0n) is 14.8. The molecule has 2 rings (SSSR count). The zero-order chi connectivity index (χ0) is 18.6. The minimum Gasteiger partial charge on any atom is -0.339 e. The van der Waals surface area contributed by atoms with Gasteiger partial charge in [-0.15, -0.1) is 23.7 Å².